The summed E-state index contributed by atoms with van der Waals surface area (Å²) >= 11 is 0. The summed E-state index contributed by atoms with van der Waals surface area (Å²) in [4.78, 5) is 11.1. The number of nitrogens with one attached hydrogen (secondary N) is 1. The molecule has 1 atom stereocenters. The van der Waals surface area contributed by atoms with Crippen LogP contribution in [0.2, 0.25) is 0 Å². The van der Waals surface area contributed by atoms with Crippen LogP contribution in [0.15, 0.2) is 0 Å². The average Bonchev–Trinajstić information content (AvgIpc) is 1.95. The van der Waals surface area contributed by atoms with Crippen LogP contribution in [0.4, 0.5) is 18.0 Å². The summed E-state index contributed by atoms with van der Waals surface area (Å²) in [6.45, 7) is 4.66. The third kappa shape index (κ3) is 9.44. The van der Waals surface area contributed by atoms with E-state index >= 15 is 0 Å². The van der Waals surface area contributed by atoms with Gasteiger partial charge in [0.15, 0.2) is 6.23 Å². The SMILES string of the molecule is CC(C)(C)OC(=O)NC(CC#N)OC(F)(F)F. The molecule has 1 N–H and O–H groups in total. The number of rotatable bonds is 3. The maximum atomic E-state index is 11.9. The van der Waals surface area contributed by atoms with Gasteiger partial charge in [-0.15, -0.1) is 13.2 Å². The fraction of sp³-hybridized carbons (Fsp3) is 0.778. The Hall–Kier alpha value is -1.49. The van der Waals surface area contributed by atoms with E-state index in [4.69, 9.17) is 10.00 Å². The maximum Gasteiger partial charge on any atom is 0.524 e. The van der Waals surface area contributed by atoms with Crippen molar-refractivity contribution >= 4 is 6.09 Å². The zero-order valence-corrected chi connectivity index (χ0v) is 9.59. The van der Waals surface area contributed by atoms with Crippen molar-refractivity contribution in [1.82, 2.24) is 5.32 Å². The van der Waals surface area contributed by atoms with Crippen molar-refractivity contribution in [2.45, 2.75) is 45.4 Å². The Balaban J connectivity index is 4.36. The molecule has 0 radical (unpaired) electrons. The number of alkyl carbamates (subject to hydrolysis) is 1. The molecule has 0 heterocycles. The average molecular weight is 254 g/mol. The van der Waals surface area contributed by atoms with Crippen molar-refractivity contribution in [1.29, 1.82) is 5.26 Å². The smallest absolute Gasteiger partial charge is 0.444 e. The van der Waals surface area contributed by atoms with Crippen molar-refractivity contribution in [3.8, 4) is 6.07 Å². The summed E-state index contributed by atoms with van der Waals surface area (Å²) < 4.78 is 43.9. The van der Waals surface area contributed by atoms with Gasteiger partial charge in [-0.2, -0.15) is 5.26 Å². The third-order valence-electron chi connectivity index (χ3n) is 1.23. The topological polar surface area (TPSA) is 71.3 Å². The van der Waals surface area contributed by atoms with E-state index in [1.54, 1.807) is 26.1 Å². The first-order valence-corrected chi connectivity index (χ1v) is 4.64. The number of alkyl halides is 3. The zero-order valence-electron chi connectivity index (χ0n) is 9.59. The van der Waals surface area contributed by atoms with Crippen LogP contribution in [0.3, 0.4) is 0 Å². The van der Waals surface area contributed by atoms with Gasteiger partial charge in [0.1, 0.15) is 5.60 Å². The van der Waals surface area contributed by atoms with Crippen LogP contribution in [0.25, 0.3) is 0 Å². The lowest BCUT2D eigenvalue weighted by atomic mass is 10.2. The van der Waals surface area contributed by atoms with Gasteiger partial charge in [-0.1, -0.05) is 0 Å². The Morgan fingerprint density at radius 2 is 1.94 bits per heavy atom. The van der Waals surface area contributed by atoms with Gasteiger partial charge >= 0.3 is 12.5 Å². The van der Waals surface area contributed by atoms with Crippen LogP contribution < -0.4 is 5.32 Å². The molecule has 0 bridgehead atoms. The van der Waals surface area contributed by atoms with Crippen molar-refractivity contribution in [2.75, 3.05) is 0 Å². The first-order valence-electron chi connectivity index (χ1n) is 4.64. The molecule has 0 aromatic heterocycles. The van der Waals surface area contributed by atoms with E-state index in [1.165, 1.54) is 6.07 Å². The Kier molecular flexibility index (Phi) is 5.22. The van der Waals surface area contributed by atoms with Gasteiger partial charge in [0.05, 0.1) is 12.5 Å². The van der Waals surface area contributed by atoms with Gasteiger partial charge in [0, 0.05) is 0 Å². The van der Waals surface area contributed by atoms with E-state index in [0.717, 1.165) is 0 Å². The molecule has 0 saturated heterocycles. The second-order valence-electron chi connectivity index (χ2n) is 4.06. The number of carbonyl (C=O) groups excluding carboxylic acids is 1. The minimum absolute atomic E-state index is 0.640. The van der Waals surface area contributed by atoms with Crippen LogP contribution in [0.5, 0.6) is 0 Å². The molecule has 0 aliphatic rings. The van der Waals surface area contributed by atoms with Gasteiger partial charge < -0.3 is 4.74 Å². The Morgan fingerprint density at radius 3 is 2.29 bits per heavy atom. The number of nitriles is 1. The van der Waals surface area contributed by atoms with Crippen molar-refractivity contribution < 1.29 is 27.4 Å². The quantitative estimate of drug-likeness (QED) is 0.784. The number of ether oxygens (including phenoxy) is 2. The Morgan fingerprint density at radius 1 is 1.41 bits per heavy atom. The highest BCUT2D eigenvalue weighted by Gasteiger charge is 2.34. The molecule has 0 spiro atoms. The number of hydrogen-bond acceptors (Lipinski definition) is 4. The second-order valence-corrected chi connectivity index (χ2v) is 4.06. The van der Waals surface area contributed by atoms with Crippen LogP contribution >= 0.6 is 0 Å². The minimum atomic E-state index is -4.93. The highest BCUT2D eigenvalue weighted by molar-refractivity contribution is 5.67. The monoisotopic (exact) mass is 254 g/mol. The van der Waals surface area contributed by atoms with Crippen LogP contribution in [-0.4, -0.2) is 24.3 Å². The van der Waals surface area contributed by atoms with E-state index in [-0.39, 0.29) is 0 Å². The van der Waals surface area contributed by atoms with Gasteiger partial charge in [-0.25, -0.2) is 4.79 Å². The first-order chi connectivity index (χ1) is 7.53. The largest absolute Gasteiger partial charge is 0.524 e. The highest BCUT2D eigenvalue weighted by Crippen LogP contribution is 2.19. The molecule has 1 unspecified atom stereocenters. The second kappa shape index (κ2) is 5.72. The predicted octanol–water partition coefficient (Wildman–Crippen LogP) is 2.29. The number of amides is 1. The Bertz CT molecular complexity index is 304. The zero-order chi connectivity index (χ0) is 13.7. The Labute approximate surface area is 96.5 Å². The molecule has 0 rings (SSSR count). The van der Waals surface area contributed by atoms with Gasteiger partial charge in [0.25, 0.3) is 0 Å². The van der Waals surface area contributed by atoms with Crippen molar-refractivity contribution in [3.63, 3.8) is 0 Å². The lowest BCUT2D eigenvalue weighted by Gasteiger charge is -2.23. The molecule has 1 amide bonds. The molecular formula is C9H13F3N2O3. The van der Waals surface area contributed by atoms with Crippen molar-refractivity contribution in [3.05, 3.63) is 0 Å². The third-order valence-corrected chi connectivity index (χ3v) is 1.23. The summed E-state index contributed by atoms with van der Waals surface area (Å²) in [5.41, 5.74) is -0.848. The van der Waals surface area contributed by atoms with E-state index < -0.39 is 30.7 Å². The molecule has 0 aromatic carbocycles. The number of halogens is 3. The van der Waals surface area contributed by atoms with E-state index in [0.29, 0.717) is 0 Å². The summed E-state index contributed by atoms with van der Waals surface area (Å²) in [6, 6.07) is 1.46. The summed E-state index contributed by atoms with van der Waals surface area (Å²) in [7, 11) is 0. The molecule has 0 aromatic rings. The highest BCUT2D eigenvalue weighted by atomic mass is 19.4. The predicted molar refractivity (Wildman–Crippen MR) is 50.5 cm³/mol. The molecule has 0 saturated carbocycles. The standard InChI is InChI=1S/C9H13F3N2O3/c1-8(2,3)17-7(15)14-6(4-5-13)16-9(10,11)12/h6H,4H2,1-3H3,(H,14,15). The maximum absolute atomic E-state index is 11.9. The molecule has 0 aliphatic carbocycles. The van der Waals surface area contributed by atoms with E-state index in [2.05, 4.69) is 4.74 Å². The molecule has 17 heavy (non-hydrogen) atoms. The molecule has 5 nitrogen and oxygen atoms in total. The molecular weight excluding hydrogens is 241 g/mol. The number of hydrogen-bond donors (Lipinski definition) is 1. The normalized spacial score (nSPS) is 13.7. The van der Waals surface area contributed by atoms with Crippen LogP contribution in [0, 0.1) is 11.3 Å². The summed E-state index contributed by atoms with van der Waals surface area (Å²) in [5, 5.41) is 10.1. The number of nitrogens with zero attached hydrogens (tertiary/aromatic N) is 1. The molecule has 8 heteroatoms. The van der Waals surface area contributed by atoms with Gasteiger partial charge in [0.2, 0.25) is 0 Å². The lowest BCUT2D eigenvalue weighted by Crippen LogP contribution is -2.42. The fourth-order valence-electron chi connectivity index (χ4n) is 0.805. The van der Waals surface area contributed by atoms with E-state index in [9.17, 15) is 18.0 Å². The van der Waals surface area contributed by atoms with E-state index in [1.807, 2.05) is 0 Å². The van der Waals surface area contributed by atoms with Crippen molar-refractivity contribution in [2.24, 2.45) is 0 Å². The van der Waals surface area contributed by atoms with Gasteiger partial charge in [-0.3, -0.25) is 10.1 Å². The summed E-state index contributed by atoms with van der Waals surface area (Å²) in [5.74, 6) is 0. The number of carbonyl (C=O) groups is 1. The molecule has 98 valence electrons. The first kappa shape index (κ1) is 15.5. The van der Waals surface area contributed by atoms with Crippen LogP contribution in [0.1, 0.15) is 27.2 Å². The van der Waals surface area contributed by atoms with Gasteiger partial charge in [-0.05, 0) is 20.8 Å². The summed E-state index contributed by atoms with van der Waals surface area (Å²) in [6.07, 6.45) is -8.44. The van der Waals surface area contributed by atoms with Crippen LogP contribution in [-0.2, 0) is 9.47 Å². The minimum Gasteiger partial charge on any atom is -0.444 e. The molecule has 0 fully saturated rings. The fourth-order valence-corrected chi connectivity index (χ4v) is 0.805. The lowest BCUT2D eigenvalue weighted by molar-refractivity contribution is -0.344. The molecule has 0 aliphatic heterocycles.